The van der Waals surface area contributed by atoms with Gasteiger partial charge in [0.05, 0.1) is 42.5 Å². The van der Waals surface area contributed by atoms with E-state index in [1.54, 1.807) is 18.3 Å². The second-order valence-corrected chi connectivity index (χ2v) is 8.00. The van der Waals surface area contributed by atoms with Crippen molar-refractivity contribution >= 4 is 27.5 Å². The molecule has 0 bridgehead atoms. The van der Waals surface area contributed by atoms with Crippen molar-refractivity contribution in [3.63, 3.8) is 0 Å². The highest BCUT2D eigenvalue weighted by molar-refractivity contribution is 9.09. The smallest absolute Gasteiger partial charge is 0.290 e. The number of hydrogen-bond donors (Lipinski definition) is 2. The van der Waals surface area contributed by atoms with Gasteiger partial charge in [-0.3, -0.25) is 14.9 Å². The first-order chi connectivity index (χ1) is 16.4. The third kappa shape index (κ3) is 6.87. The number of nitrogens with two attached hydrogens (primary N) is 1. The van der Waals surface area contributed by atoms with E-state index in [1.165, 1.54) is 29.0 Å². The number of rotatable bonds is 11. The Morgan fingerprint density at radius 2 is 2.20 bits per heavy atom. The highest BCUT2D eigenvalue weighted by Gasteiger charge is 2.50. The fraction of sp³-hybridized carbons (Fsp3) is 0.400. The lowest BCUT2D eigenvalue weighted by atomic mass is 10.1. The molecule has 1 saturated heterocycles. The third-order valence-corrected chi connectivity index (χ3v) is 5.43. The standard InChI is InChI=1S/C20H21BrN6O7.BrH/c21-5-7-32-14-4-3-13(15(8-14)27(30)31)11-33-18-17(24-25-23)16(10-28)34-20(18)26-6-1-2-12(9-26)19(22)29;/h1-4,6,8-9,16-18,20,28H,5,7,10-11H2,(H-,22,29);1H/t16-,17-,18-,20-;/m1./s1. The number of hydrogen-bond acceptors (Lipinski definition) is 8. The quantitative estimate of drug-likeness (QED) is 0.0609. The summed E-state index contributed by atoms with van der Waals surface area (Å²) in [5, 5.41) is 25.6. The maximum absolute atomic E-state index is 11.6. The van der Waals surface area contributed by atoms with Gasteiger partial charge in [-0.2, -0.15) is 4.57 Å². The topological polar surface area (TPSA) is 187 Å². The summed E-state index contributed by atoms with van der Waals surface area (Å²) in [5.74, 6) is -0.323. The van der Waals surface area contributed by atoms with Crippen molar-refractivity contribution in [1.29, 1.82) is 0 Å². The molecule has 188 valence electrons. The Bertz CT molecular complexity index is 1100. The van der Waals surface area contributed by atoms with E-state index in [0.717, 1.165) is 0 Å². The number of azide groups is 1. The van der Waals surface area contributed by atoms with Gasteiger partial charge in [0.2, 0.25) is 0 Å². The van der Waals surface area contributed by atoms with Gasteiger partial charge in [0, 0.05) is 16.3 Å². The fourth-order valence-electron chi connectivity index (χ4n) is 3.55. The number of nitro benzene ring substituents is 1. The van der Waals surface area contributed by atoms with Crippen LogP contribution in [-0.2, 0) is 16.1 Å². The van der Waals surface area contributed by atoms with Crippen molar-refractivity contribution in [2.24, 2.45) is 10.8 Å². The lowest BCUT2D eigenvalue weighted by Crippen LogP contribution is -3.00. The number of amides is 1. The lowest BCUT2D eigenvalue weighted by Gasteiger charge is -2.18. The van der Waals surface area contributed by atoms with E-state index in [1.807, 2.05) is 0 Å². The molecule has 2 heterocycles. The molecule has 35 heavy (non-hydrogen) atoms. The van der Waals surface area contributed by atoms with Gasteiger partial charge >= 0.3 is 0 Å². The van der Waals surface area contributed by atoms with Gasteiger partial charge in [-0.15, -0.1) is 0 Å². The first kappa shape index (κ1) is 28.4. The van der Waals surface area contributed by atoms with Crippen LogP contribution in [0.1, 0.15) is 22.1 Å². The molecule has 13 nitrogen and oxygen atoms in total. The van der Waals surface area contributed by atoms with Crippen molar-refractivity contribution in [3.8, 4) is 5.75 Å². The molecule has 1 fully saturated rings. The van der Waals surface area contributed by atoms with Crippen LogP contribution < -0.4 is 32.0 Å². The van der Waals surface area contributed by atoms with Crippen LogP contribution in [0.3, 0.4) is 0 Å². The Morgan fingerprint density at radius 3 is 2.83 bits per heavy atom. The van der Waals surface area contributed by atoms with E-state index in [2.05, 4.69) is 26.0 Å². The molecule has 4 atom stereocenters. The van der Waals surface area contributed by atoms with Gasteiger partial charge in [0.25, 0.3) is 17.8 Å². The van der Waals surface area contributed by atoms with Crippen molar-refractivity contribution < 1.29 is 50.6 Å². The summed E-state index contributed by atoms with van der Waals surface area (Å²) >= 11 is 3.23. The van der Waals surface area contributed by atoms with Gasteiger partial charge in [-0.1, -0.05) is 21.0 Å². The molecular formula is C20H22Br2N6O7. The number of benzene rings is 1. The summed E-state index contributed by atoms with van der Waals surface area (Å²) in [6, 6.07) is 6.55. The van der Waals surface area contributed by atoms with Crippen LogP contribution in [0.15, 0.2) is 47.8 Å². The number of alkyl halides is 1. The summed E-state index contributed by atoms with van der Waals surface area (Å²) in [6.07, 6.45) is 0.288. The summed E-state index contributed by atoms with van der Waals surface area (Å²) in [6.45, 7) is -0.340. The molecule has 3 N–H and O–H groups in total. The largest absolute Gasteiger partial charge is 1.00 e. The Kier molecular flexibility index (Phi) is 10.8. The summed E-state index contributed by atoms with van der Waals surface area (Å²) in [5.41, 5.74) is 14.6. The van der Waals surface area contributed by atoms with Gasteiger partial charge in [-0.05, 0) is 23.7 Å². The zero-order chi connectivity index (χ0) is 24.7. The number of aromatic nitrogens is 1. The molecule has 0 saturated carbocycles. The molecule has 1 aliphatic rings. The number of pyridine rings is 1. The van der Waals surface area contributed by atoms with E-state index in [-0.39, 0.29) is 40.4 Å². The molecule has 0 unspecified atom stereocenters. The highest BCUT2D eigenvalue weighted by Crippen LogP contribution is 2.33. The molecule has 2 aromatic rings. The van der Waals surface area contributed by atoms with Crippen LogP contribution in [0.2, 0.25) is 0 Å². The molecule has 1 amide bonds. The zero-order valence-electron chi connectivity index (χ0n) is 18.1. The first-order valence-electron chi connectivity index (χ1n) is 10.1. The second kappa shape index (κ2) is 13.3. The summed E-state index contributed by atoms with van der Waals surface area (Å²) < 4.78 is 18.8. The minimum Gasteiger partial charge on any atom is -1.00 e. The fourth-order valence-corrected chi connectivity index (χ4v) is 3.72. The van der Waals surface area contributed by atoms with Gasteiger partial charge in [0.15, 0.2) is 18.5 Å². The number of carbonyl (C=O) groups is 1. The average Bonchev–Trinajstić information content (AvgIpc) is 3.19. The van der Waals surface area contributed by atoms with Crippen LogP contribution >= 0.6 is 15.9 Å². The number of nitrogens with zero attached hydrogens (tertiary/aromatic N) is 5. The van der Waals surface area contributed by atoms with E-state index in [9.17, 15) is 20.0 Å². The number of carbonyl (C=O) groups excluding carboxylic acids is 1. The van der Waals surface area contributed by atoms with Gasteiger partial charge < -0.3 is 42.0 Å². The molecule has 0 aliphatic carbocycles. The first-order valence-corrected chi connectivity index (χ1v) is 11.2. The second-order valence-electron chi connectivity index (χ2n) is 7.21. The van der Waals surface area contributed by atoms with Crippen molar-refractivity contribution in [3.05, 3.63) is 74.4 Å². The van der Waals surface area contributed by atoms with Gasteiger partial charge in [-0.25, -0.2) is 0 Å². The Balaban J connectivity index is 0.00000432. The van der Waals surface area contributed by atoms with E-state index < -0.39 is 41.9 Å². The number of primary amides is 1. The predicted octanol–water partition coefficient (Wildman–Crippen LogP) is -1.09. The molecule has 3 rings (SSSR count). The number of aliphatic hydroxyl groups is 1. The molecule has 1 aromatic heterocycles. The Labute approximate surface area is 218 Å². The molecule has 1 aliphatic heterocycles. The Hall–Kier alpha value is -2.81. The van der Waals surface area contributed by atoms with Crippen LogP contribution in [0.4, 0.5) is 5.69 Å². The number of nitro groups is 1. The van der Waals surface area contributed by atoms with Crippen LogP contribution in [0, 0.1) is 10.1 Å². The summed E-state index contributed by atoms with van der Waals surface area (Å²) in [4.78, 5) is 25.5. The maximum atomic E-state index is 11.6. The van der Waals surface area contributed by atoms with Crippen LogP contribution in [0.25, 0.3) is 10.4 Å². The van der Waals surface area contributed by atoms with Gasteiger partial charge in [0.1, 0.15) is 17.4 Å². The number of ether oxygens (including phenoxy) is 3. The molecule has 1 aromatic carbocycles. The van der Waals surface area contributed by atoms with Crippen LogP contribution in [0.5, 0.6) is 5.75 Å². The lowest BCUT2D eigenvalue weighted by molar-refractivity contribution is -0.766. The molecule has 0 radical (unpaired) electrons. The minimum atomic E-state index is -0.940. The SMILES string of the molecule is [Br-].[N-]=[N+]=N[C@H]1[C@@H](OCc2ccc(OCCBr)cc2[N+](=O)[O-])[C@H]([n+]2cccc(C(N)=O)c2)O[C@@H]1CO. The van der Waals surface area contributed by atoms with E-state index >= 15 is 0 Å². The number of aliphatic hydroxyl groups excluding tert-OH is 1. The molecule has 15 heteroatoms. The summed E-state index contributed by atoms with van der Waals surface area (Å²) in [7, 11) is 0. The molecular weight excluding hydrogens is 596 g/mol. The van der Waals surface area contributed by atoms with E-state index in [4.69, 9.17) is 25.5 Å². The van der Waals surface area contributed by atoms with Crippen molar-refractivity contribution in [1.82, 2.24) is 0 Å². The average molecular weight is 618 g/mol. The predicted molar refractivity (Wildman–Crippen MR) is 120 cm³/mol. The monoisotopic (exact) mass is 616 g/mol. The van der Waals surface area contributed by atoms with E-state index in [0.29, 0.717) is 17.7 Å². The Morgan fingerprint density at radius 1 is 1.43 bits per heavy atom. The minimum absolute atomic E-state index is 0. The van der Waals surface area contributed by atoms with Crippen molar-refractivity contribution in [2.75, 3.05) is 18.5 Å². The molecule has 0 spiro atoms. The highest BCUT2D eigenvalue weighted by atomic mass is 79.9. The van der Waals surface area contributed by atoms with Crippen molar-refractivity contribution in [2.45, 2.75) is 31.1 Å². The third-order valence-electron chi connectivity index (χ3n) is 5.11. The maximum Gasteiger partial charge on any atom is 0.290 e. The number of halogens is 2. The van der Waals surface area contributed by atoms with Crippen LogP contribution in [-0.4, -0.2) is 52.7 Å². The normalized spacial score (nSPS) is 21.0. The zero-order valence-corrected chi connectivity index (χ0v) is 21.3.